The lowest BCUT2D eigenvalue weighted by atomic mass is 10.1. The monoisotopic (exact) mass is 245 g/mol. The number of anilines is 2. The molecule has 0 fully saturated rings. The van der Waals surface area contributed by atoms with Crippen LogP contribution >= 0.6 is 0 Å². The zero-order valence-corrected chi connectivity index (χ0v) is 11.1. The van der Waals surface area contributed by atoms with Gasteiger partial charge in [-0.15, -0.1) is 0 Å². The van der Waals surface area contributed by atoms with E-state index in [0.29, 0.717) is 6.54 Å². The summed E-state index contributed by atoms with van der Waals surface area (Å²) in [5.74, 6) is 0.904. The van der Waals surface area contributed by atoms with Crippen molar-refractivity contribution >= 4 is 22.3 Å². The van der Waals surface area contributed by atoms with Gasteiger partial charge in [0.1, 0.15) is 5.82 Å². The third kappa shape index (κ3) is 2.24. The first-order valence-electron chi connectivity index (χ1n) is 6.06. The van der Waals surface area contributed by atoms with Crippen LogP contribution in [0.15, 0.2) is 24.4 Å². The quantitative estimate of drug-likeness (QED) is 0.865. The molecule has 0 amide bonds. The fourth-order valence-electron chi connectivity index (χ4n) is 2.10. The van der Waals surface area contributed by atoms with Crippen LogP contribution in [0.25, 0.3) is 10.8 Å². The first kappa shape index (κ1) is 12.6. The fourth-order valence-corrected chi connectivity index (χ4v) is 2.10. The van der Waals surface area contributed by atoms with Gasteiger partial charge in [-0.05, 0) is 13.0 Å². The smallest absolute Gasteiger partial charge is 0.136 e. The van der Waals surface area contributed by atoms with E-state index in [4.69, 9.17) is 5.11 Å². The maximum atomic E-state index is 9.04. The normalized spacial score (nSPS) is 10.7. The number of nitrogens with one attached hydrogen (secondary N) is 1. The summed E-state index contributed by atoms with van der Waals surface area (Å²) in [6.45, 7) is 2.77. The number of hydrogen-bond donors (Lipinski definition) is 2. The number of aliphatic hydroxyl groups is 1. The Balaban J connectivity index is 2.64. The molecule has 0 radical (unpaired) electrons. The minimum absolute atomic E-state index is 0.124. The molecule has 2 N–H and O–H groups in total. The number of aliphatic hydroxyl groups excluding tert-OH is 1. The van der Waals surface area contributed by atoms with E-state index in [1.54, 1.807) is 0 Å². The highest BCUT2D eigenvalue weighted by Crippen LogP contribution is 2.30. The molecule has 4 nitrogen and oxygen atoms in total. The fraction of sp³-hybridized carbons (Fsp3) is 0.357. The SMILES string of the molecule is CNc1cnc(N(C)CCO)c2cc(C)ccc12. The lowest BCUT2D eigenvalue weighted by Crippen LogP contribution is -2.22. The van der Waals surface area contributed by atoms with Crippen LogP contribution in [0.3, 0.4) is 0 Å². The average Bonchev–Trinajstić information content (AvgIpc) is 2.37. The molecule has 0 aliphatic heterocycles. The second-order valence-corrected chi connectivity index (χ2v) is 4.44. The molecule has 1 heterocycles. The number of nitrogens with zero attached hydrogens (tertiary/aromatic N) is 2. The molecule has 96 valence electrons. The van der Waals surface area contributed by atoms with Crippen LogP contribution in [0.1, 0.15) is 5.56 Å². The van der Waals surface area contributed by atoms with E-state index in [1.165, 1.54) is 5.56 Å². The van der Waals surface area contributed by atoms with Crippen LogP contribution in [0.2, 0.25) is 0 Å². The number of pyridine rings is 1. The van der Waals surface area contributed by atoms with E-state index in [-0.39, 0.29) is 6.61 Å². The van der Waals surface area contributed by atoms with Gasteiger partial charge in [0.2, 0.25) is 0 Å². The van der Waals surface area contributed by atoms with Gasteiger partial charge in [0.15, 0.2) is 0 Å². The van der Waals surface area contributed by atoms with Gasteiger partial charge in [0.25, 0.3) is 0 Å². The van der Waals surface area contributed by atoms with E-state index in [2.05, 4.69) is 35.4 Å². The van der Waals surface area contributed by atoms with Gasteiger partial charge < -0.3 is 15.3 Å². The molecule has 0 saturated carbocycles. The van der Waals surface area contributed by atoms with Crippen LogP contribution in [0, 0.1) is 6.92 Å². The zero-order chi connectivity index (χ0) is 13.1. The maximum Gasteiger partial charge on any atom is 0.136 e. The van der Waals surface area contributed by atoms with Crippen molar-refractivity contribution in [1.82, 2.24) is 4.98 Å². The third-order valence-corrected chi connectivity index (χ3v) is 3.09. The van der Waals surface area contributed by atoms with Crippen molar-refractivity contribution in [2.24, 2.45) is 0 Å². The molecule has 2 rings (SSSR count). The molecule has 0 spiro atoms. The summed E-state index contributed by atoms with van der Waals surface area (Å²) in [5.41, 5.74) is 2.22. The van der Waals surface area contributed by atoms with Crippen molar-refractivity contribution in [3.8, 4) is 0 Å². The Morgan fingerprint density at radius 3 is 2.78 bits per heavy atom. The summed E-state index contributed by atoms with van der Waals surface area (Å²) in [6.07, 6.45) is 1.83. The highest BCUT2D eigenvalue weighted by molar-refractivity contribution is 6.00. The number of fused-ring (bicyclic) bond motifs is 1. The van der Waals surface area contributed by atoms with Crippen LogP contribution < -0.4 is 10.2 Å². The first-order chi connectivity index (χ1) is 8.67. The molecule has 0 bridgehead atoms. The van der Waals surface area contributed by atoms with E-state index in [1.807, 2.05) is 25.2 Å². The number of benzene rings is 1. The van der Waals surface area contributed by atoms with Gasteiger partial charge in [0, 0.05) is 31.4 Å². The van der Waals surface area contributed by atoms with Crippen LogP contribution in [-0.2, 0) is 0 Å². The zero-order valence-electron chi connectivity index (χ0n) is 11.1. The lowest BCUT2D eigenvalue weighted by Gasteiger charge is -2.20. The lowest BCUT2D eigenvalue weighted by molar-refractivity contribution is 0.304. The highest BCUT2D eigenvalue weighted by atomic mass is 16.3. The Bertz CT molecular complexity index is 554. The van der Waals surface area contributed by atoms with Crippen molar-refractivity contribution in [2.45, 2.75) is 6.92 Å². The summed E-state index contributed by atoms with van der Waals surface area (Å²) >= 11 is 0. The Labute approximate surface area is 107 Å². The maximum absolute atomic E-state index is 9.04. The highest BCUT2D eigenvalue weighted by Gasteiger charge is 2.10. The molecule has 0 aliphatic carbocycles. The van der Waals surface area contributed by atoms with Crippen molar-refractivity contribution < 1.29 is 5.11 Å². The first-order valence-corrected chi connectivity index (χ1v) is 6.06. The second-order valence-electron chi connectivity index (χ2n) is 4.44. The number of rotatable bonds is 4. The van der Waals surface area contributed by atoms with Crippen LogP contribution in [-0.4, -0.2) is 37.3 Å². The molecule has 2 aromatic rings. The Hall–Kier alpha value is -1.81. The summed E-state index contributed by atoms with van der Waals surface area (Å²) in [5, 5.41) is 14.5. The summed E-state index contributed by atoms with van der Waals surface area (Å²) in [4.78, 5) is 6.46. The molecule has 1 aromatic carbocycles. The Morgan fingerprint density at radius 2 is 2.11 bits per heavy atom. The van der Waals surface area contributed by atoms with E-state index < -0.39 is 0 Å². The van der Waals surface area contributed by atoms with Crippen LogP contribution in [0.4, 0.5) is 11.5 Å². The topological polar surface area (TPSA) is 48.4 Å². The van der Waals surface area contributed by atoms with Gasteiger partial charge in [-0.1, -0.05) is 17.7 Å². The number of likely N-dealkylation sites (N-methyl/N-ethyl adjacent to an activating group) is 1. The van der Waals surface area contributed by atoms with Crippen molar-refractivity contribution in [3.63, 3.8) is 0 Å². The molecular weight excluding hydrogens is 226 g/mol. The molecule has 0 unspecified atom stereocenters. The van der Waals surface area contributed by atoms with Crippen molar-refractivity contribution in [1.29, 1.82) is 0 Å². The van der Waals surface area contributed by atoms with Gasteiger partial charge in [-0.3, -0.25) is 0 Å². The van der Waals surface area contributed by atoms with Gasteiger partial charge in [0.05, 0.1) is 18.5 Å². The second kappa shape index (κ2) is 5.23. The molecule has 18 heavy (non-hydrogen) atoms. The summed E-state index contributed by atoms with van der Waals surface area (Å²) in [7, 11) is 3.84. The summed E-state index contributed by atoms with van der Waals surface area (Å²) < 4.78 is 0. The molecule has 0 atom stereocenters. The van der Waals surface area contributed by atoms with E-state index >= 15 is 0 Å². The van der Waals surface area contributed by atoms with Crippen LogP contribution in [0.5, 0.6) is 0 Å². The predicted octanol–water partition coefficient (Wildman–Crippen LogP) is 2.01. The van der Waals surface area contributed by atoms with E-state index in [0.717, 1.165) is 22.3 Å². The summed E-state index contributed by atoms with van der Waals surface area (Å²) in [6, 6.07) is 6.33. The third-order valence-electron chi connectivity index (χ3n) is 3.09. The minimum atomic E-state index is 0.124. The Morgan fingerprint density at radius 1 is 1.33 bits per heavy atom. The number of aryl methyl sites for hydroxylation is 1. The Kier molecular flexibility index (Phi) is 3.67. The van der Waals surface area contributed by atoms with Gasteiger partial charge in [-0.25, -0.2) is 4.98 Å². The number of hydrogen-bond acceptors (Lipinski definition) is 4. The van der Waals surface area contributed by atoms with Gasteiger partial charge >= 0.3 is 0 Å². The number of aromatic nitrogens is 1. The van der Waals surface area contributed by atoms with Crippen molar-refractivity contribution in [3.05, 3.63) is 30.0 Å². The van der Waals surface area contributed by atoms with Gasteiger partial charge in [-0.2, -0.15) is 0 Å². The average molecular weight is 245 g/mol. The van der Waals surface area contributed by atoms with E-state index in [9.17, 15) is 0 Å². The molecular formula is C14H19N3O. The molecule has 4 heteroatoms. The standard InChI is InChI=1S/C14H19N3O/c1-10-4-5-11-12(8-10)14(17(3)6-7-18)16-9-13(11)15-2/h4-5,8-9,15,18H,6-7H2,1-3H3. The molecule has 0 saturated heterocycles. The molecule has 1 aromatic heterocycles. The van der Waals surface area contributed by atoms with Crippen molar-refractivity contribution in [2.75, 3.05) is 37.5 Å². The minimum Gasteiger partial charge on any atom is -0.395 e. The molecule has 0 aliphatic rings. The largest absolute Gasteiger partial charge is 0.395 e. The predicted molar refractivity (Wildman–Crippen MR) is 76.4 cm³/mol.